The standard InChI is InChI=1S/C11H26N2O3/c1-13(2)6-9-16-11-10-15-8-3-4-12-5-7-14/h12,14H,3-11H2,1-2H3. The molecule has 0 heterocycles. The molecule has 0 saturated carbocycles. The molecule has 0 aliphatic rings. The molecule has 0 spiro atoms. The molecule has 0 fully saturated rings. The van der Waals surface area contributed by atoms with Crippen molar-refractivity contribution in [3.63, 3.8) is 0 Å². The first kappa shape index (κ1) is 15.8. The van der Waals surface area contributed by atoms with E-state index in [4.69, 9.17) is 14.6 Å². The summed E-state index contributed by atoms with van der Waals surface area (Å²) in [5.41, 5.74) is 0. The van der Waals surface area contributed by atoms with Crippen molar-refractivity contribution < 1.29 is 14.6 Å². The van der Waals surface area contributed by atoms with Gasteiger partial charge < -0.3 is 24.8 Å². The molecule has 2 N–H and O–H groups in total. The molecule has 0 radical (unpaired) electrons. The minimum atomic E-state index is 0.195. The van der Waals surface area contributed by atoms with Crippen molar-refractivity contribution in [2.75, 3.05) is 66.8 Å². The maximum atomic E-state index is 8.51. The summed E-state index contributed by atoms with van der Waals surface area (Å²) >= 11 is 0. The van der Waals surface area contributed by atoms with E-state index in [-0.39, 0.29) is 6.61 Å². The second kappa shape index (κ2) is 12.9. The first-order valence-corrected chi connectivity index (χ1v) is 5.89. The van der Waals surface area contributed by atoms with Crippen LogP contribution in [0.1, 0.15) is 6.42 Å². The van der Waals surface area contributed by atoms with E-state index in [9.17, 15) is 0 Å². The Hall–Kier alpha value is -0.200. The molecule has 98 valence electrons. The minimum Gasteiger partial charge on any atom is -0.395 e. The van der Waals surface area contributed by atoms with Crippen molar-refractivity contribution in [2.45, 2.75) is 6.42 Å². The Labute approximate surface area is 98.7 Å². The Morgan fingerprint density at radius 3 is 2.31 bits per heavy atom. The molecular formula is C11H26N2O3. The molecule has 0 aromatic rings. The van der Waals surface area contributed by atoms with Gasteiger partial charge in [0.1, 0.15) is 0 Å². The van der Waals surface area contributed by atoms with Gasteiger partial charge in [0.15, 0.2) is 0 Å². The smallest absolute Gasteiger partial charge is 0.0701 e. The molecule has 0 bridgehead atoms. The second-order valence-electron chi connectivity index (χ2n) is 3.86. The van der Waals surface area contributed by atoms with Gasteiger partial charge in [-0.2, -0.15) is 0 Å². The molecule has 16 heavy (non-hydrogen) atoms. The second-order valence-corrected chi connectivity index (χ2v) is 3.86. The van der Waals surface area contributed by atoms with Crippen LogP contribution in [0, 0.1) is 0 Å². The fourth-order valence-electron chi connectivity index (χ4n) is 1.07. The van der Waals surface area contributed by atoms with Crippen LogP contribution >= 0.6 is 0 Å². The topological polar surface area (TPSA) is 54.0 Å². The number of nitrogens with zero attached hydrogens (tertiary/aromatic N) is 1. The van der Waals surface area contributed by atoms with Crippen LogP contribution in [0.15, 0.2) is 0 Å². The van der Waals surface area contributed by atoms with E-state index >= 15 is 0 Å². The maximum Gasteiger partial charge on any atom is 0.0701 e. The quantitative estimate of drug-likeness (QED) is 0.448. The van der Waals surface area contributed by atoms with Crippen molar-refractivity contribution >= 4 is 0 Å². The van der Waals surface area contributed by atoms with Gasteiger partial charge in [0.2, 0.25) is 0 Å². The van der Waals surface area contributed by atoms with Crippen molar-refractivity contribution in [2.24, 2.45) is 0 Å². The van der Waals surface area contributed by atoms with Gasteiger partial charge in [-0.1, -0.05) is 0 Å². The number of aliphatic hydroxyl groups excluding tert-OH is 1. The Kier molecular flexibility index (Phi) is 12.7. The fourth-order valence-corrected chi connectivity index (χ4v) is 1.07. The van der Waals surface area contributed by atoms with Gasteiger partial charge in [0.25, 0.3) is 0 Å². The van der Waals surface area contributed by atoms with Crippen molar-refractivity contribution in [1.82, 2.24) is 10.2 Å². The lowest BCUT2D eigenvalue weighted by atomic mass is 10.4. The summed E-state index contributed by atoms with van der Waals surface area (Å²) in [6, 6.07) is 0. The summed E-state index contributed by atoms with van der Waals surface area (Å²) in [6.07, 6.45) is 0.970. The average molecular weight is 234 g/mol. The maximum absolute atomic E-state index is 8.51. The van der Waals surface area contributed by atoms with Gasteiger partial charge >= 0.3 is 0 Å². The number of aliphatic hydroxyl groups is 1. The van der Waals surface area contributed by atoms with Crippen LogP contribution in [0.3, 0.4) is 0 Å². The Balaban J connectivity index is 2.88. The first-order chi connectivity index (χ1) is 7.77. The number of rotatable bonds is 12. The zero-order valence-corrected chi connectivity index (χ0v) is 10.6. The monoisotopic (exact) mass is 234 g/mol. The van der Waals surface area contributed by atoms with Gasteiger partial charge in [-0.3, -0.25) is 0 Å². The van der Waals surface area contributed by atoms with Gasteiger partial charge in [-0.15, -0.1) is 0 Å². The van der Waals surface area contributed by atoms with E-state index in [1.54, 1.807) is 0 Å². The average Bonchev–Trinajstić information content (AvgIpc) is 2.25. The van der Waals surface area contributed by atoms with Gasteiger partial charge in [0.05, 0.1) is 26.4 Å². The highest BCUT2D eigenvalue weighted by atomic mass is 16.5. The molecule has 0 rings (SSSR count). The molecule has 0 aromatic carbocycles. The normalized spacial score (nSPS) is 11.2. The number of likely N-dealkylation sites (N-methyl/N-ethyl adjacent to an activating group) is 1. The summed E-state index contributed by atoms with van der Waals surface area (Å²) in [5, 5.41) is 11.6. The highest BCUT2D eigenvalue weighted by molar-refractivity contribution is 4.45. The van der Waals surface area contributed by atoms with E-state index in [1.165, 1.54) is 0 Å². The zero-order chi connectivity index (χ0) is 12.1. The third-order valence-electron chi connectivity index (χ3n) is 1.99. The van der Waals surface area contributed by atoms with Crippen molar-refractivity contribution in [3.8, 4) is 0 Å². The summed E-state index contributed by atoms with van der Waals surface area (Å²) < 4.78 is 10.8. The van der Waals surface area contributed by atoms with Crippen LogP contribution in [0.4, 0.5) is 0 Å². The van der Waals surface area contributed by atoms with Crippen LogP contribution in [-0.4, -0.2) is 76.8 Å². The summed E-state index contributed by atoms with van der Waals surface area (Å²) in [4.78, 5) is 2.09. The number of nitrogens with one attached hydrogen (secondary N) is 1. The van der Waals surface area contributed by atoms with Crippen LogP contribution < -0.4 is 5.32 Å². The summed E-state index contributed by atoms with van der Waals surface area (Å²) in [7, 11) is 4.05. The Bertz CT molecular complexity index is 134. The van der Waals surface area contributed by atoms with Gasteiger partial charge in [0, 0.05) is 19.7 Å². The zero-order valence-electron chi connectivity index (χ0n) is 10.6. The first-order valence-electron chi connectivity index (χ1n) is 5.89. The third-order valence-corrected chi connectivity index (χ3v) is 1.99. The van der Waals surface area contributed by atoms with Crippen LogP contribution in [0.25, 0.3) is 0 Å². The number of hydrogen-bond donors (Lipinski definition) is 2. The van der Waals surface area contributed by atoms with Crippen LogP contribution in [-0.2, 0) is 9.47 Å². The summed E-state index contributed by atoms with van der Waals surface area (Å²) in [6.45, 7) is 5.52. The van der Waals surface area contributed by atoms with E-state index in [2.05, 4.69) is 10.2 Å². The fraction of sp³-hybridized carbons (Fsp3) is 1.00. The van der Waals surface area contributed by atoms with Gasteiger partial charge in [-0.25, -0.2) is 0 Å². The third kappa shape index (κ3) is 13.8. The van der Waals surface area contributed by atoms with Crippen LogP contribution in [0.2, 0.25) is 0 Å². The van der Waals surface area contributed by atoms with E-state index in [0.717, 1.165) is 32.7 Å². The largest absolute Gasteiger partial charge is 0.395 e. The molecule has 0 aliphatic heterocycles. The van der Waals surface area contributed by atoms with Crippen LogP contribution in [0.5, 0.6) is 0 Å². The number of ether oxygens (including phenoxy) is 2. The SMILES string of the molecule is CN(C)CCOCCOCCCNCCO. The molecule has 0 atom stereocenters. The molecule has 0 aromatic heterocycles. The number of hydrogen-bond acceptors (Lipinski definition) is 5. The highest BCUT2D eigenvalue weighted by Gasteiger charge is 1.92. The van der Waals surface area contributed by atoms with E-state index < -0.39 is 0 Å². The van der Waals surface area contributed by atoms with Crippen molar-refractivity contribution in [1.29, 1.82) is 0 Å². The van der Waals surface area contributed by atoms with Gasteiger partial charge in [-0.05, 0) is 27.1 Å². The lowest BCUT2D eigenvalue weighted by molar-refractivity contribution is 0.0420. The molecule has 0 amide bonds. The molecule has 0 aliphatic carbocycles. The predicted octanol–water partition coefficient (Wildman–Crippen LogP) is -0.447. The Morgan fingerprint density at radius 2 is 1.69 bits per heavy atom. The van der Waals surface area contributed by atoms with E-state index in [0.29, 0.717) is 19.8 Å². The Morgan fingerprint density at radius 1 is 1.00 bits per heavy atom. The molecule has 0 saturated heterocycles. The molecule has 0 unspecified atom stereocenters. The molecular weight excluding hydrogens is 208 g/mol. The lowest BCUT2D eigenvalue weighted by Crippen LogP contribution is -2.21. The molecule has 5 heteroatoms. The molecule has 5 nitrogen and oxygen atoms in total. The van der Waals surface area contributed by atoms with E-state index in [1.807, 2.05) is 14.1 Å². The minimum absolute atomic E-state index is 0.195. The summed E-state index contributed by atoms with van der Waals surface area (Å²) in [5.74, 6) is 0. The lowest BCUT2D eigenvalue weighted by Gasteiger charge is -2.10. The predicted molar refractivity (Wildman–Crippen MR) is 64.8 cm³/mol. The highest BCUT2D eigenvalue weighted by Crippen LogP contribution is 1.83. The van der Waals surface area contributed by atoms with Crippen molar-refractivity contribution in [3.05, 3.63) is 0 Å².